The van der Waals surface area contributed by atoms with Gasteiger partial charge in [-0.3, -0.25) is 9.59 Å². The molecule has 0 aromatic carbocycles. The van der Waals surface area contributed by atoms with Gasteiger partial charge in [0, 0.05) is 6.08 Å². The van der Waals surface area contributed by atoms with Crippen LogP contribution in [0, 0.1) is 11.3 Å². The van der Waals surface area contributed by atoms with Crippen molar-refractivity contribution in [3.8, 4) is 0 Å². The number of carbonyl (C=O) groups excluding carboxylic acids is 2. The summed E-state index contributed by atoms with van der Waals surface area (Å²) in [5, 5.41) is 9.71. The van der Waals surface area contributed by atoms with E-state index in [2.05, 4.69) is 0 Å². The van der Waals surface area contributed by atoms with E-state index in [-0.39, 0.29) is 24.3 Å². The minimum Gasteiger partial charge on any atom is -0.488 e. The van der Waals surface area contributed by atoms with Crippen molar-refractivity contribution in [3.05, 3.63) is 11.8 Å². The average Bonchev–Trinajstić information content (AvgIpc) is 2.28. The lowest BCUT2D eigenvalue weighted by molar-refractivity contribution is -0.155. The van der Waals surface area contributed by atoms with Crippen molar-refractivity contribution in [2.45, 2.75) is 46.8 Å². The largest absolute Gasteiger partial charge is 0.488 e. The van der Waals surface area contributed by atoms with E-state index in [1.165, 1.54) is 6.08 Å². The Labute approximate surface area is 113 Å². The number of aliphatic hydroxyl groups excluding tert-OH is 1. The standard InChI is InChI=1S/C14H22O5/c1-8(2)12-11(16)10(15)6-9(19-12)7-18-13(17)14(3,4)5/h6,8,11-12,16H,7H2,1-5H3/t11-,12-/m0/s1. The third-order valence-corrected chi connectivity index (χ3v) is 2.81. The van der Waals surface area contributed by atoms with Gasteiger partial charge in [0.1, 0.15) is 18.5 Å². The zero-order valence-corrected chi connectivity index (χ0v) is 12.1. The van der Waals surface area contributed by atoms with Crippen LogP contribution in [-0.2, 0) is 19.1 Å². The summed E-state index contributed by atoms with van der Waals surface area (Å²) in [4.78, 5) is 23.2. The van der Waals surface area contributed by atoms with Crippen molar-refractivity contribution in [2.24, 2.45) is 11.3 Å². The van der Waals surface area contributed by atoms with Crippen molar-refractivity contribution < 1.29 is 24.2 Å². The first-order valence-electron chi connectivity index (χ1n) is 6.39. The van der Waals surface area contributed by atoms with Crippen LogP contribution in [0.15, 0.2) is 11.8 Å². The normalized spacial score (nSPS) is 23.9. The van der Waals surface area contributed by atoms with E-state index in [0.29, 0.717) is 0 Å². The third kappa shape index (κ3) is 4.06. The maximum atomic E-state index is 11.6. The average molecular weight is 270 g/mol. The van der Waals surface area contributed by atoms with Gasteiger partial charge in [-0.25, -0.2) is 0 Å². The van der Waals surface area contributed by atoms with Gasteiger partial charge in [-0.05, 0) is 26.7 Å². The Kier molecular flexibility index (Phi) is 4.74. The number of ether oxygens (including phenoxy) is 2. The van der Waals surface area contributed by atoms with Crippen LogP contribution in [0.4, 0.5) is 0 Å². The summed E-state index contributed by atoms with van der Waals surface area (Å²) in [7, 11) is 0. The number of aliphatic hydroxyl groups is 1. The zero-order chi connectivity index (χ0) is 14.8. The van der Waals surface area contributed by atoms with E-state index >= 15 is 0 Å². The topological polar surface area (TPSA) is 72.8 Å². The highest BCUT2D eigenvalue weighted by molar-refractivity contribution is 5.95. The maximum absolute atomic E-state index is 11.6. The second-order valence-corrected chi connectivity index (χ2v) is 6.11. The molecule has 0 amide bonds. The van der Waals surface area contributed by atoms with Crippen molar-refractivity contribution in [3.63, 3.8) is 0 Å². The predicted molar refractivity (Wildman–Crippen MR) is 69.2 cm³/mol. The molecular formula is C14H22O5. The number of rotatable bonds is 3. The Morgan fingerprint density at radius 1 is 1.47 bits per heavy atom. The molecule has 0 aliphatic carbocycles. The van der Waals surface area contributed by atoms with Gasteiger partial charge in [0.05, 0.1) is 5.41 Å². The summed E-state index contributed by atoms with van der Waals surface area (Å²) in [6.45, 7) is 8.86. The fourth-order valence-corrected chi connectivity index (χ4v) is 1.61. The molecule has 5 nitrogen and oxygen atoms in total. The number of carbonyl (C=O) groups is 2. The fourth-order valence-electron chi connectivity index (χ4n) is 1.61. The summed E-state index contributed by atoms with van der Waals surface area (Å²) in [5.41, 5.74) is -0.601. The minimum atomic E-state index is -1.15. The molecule has 5 heteroatoms. The van der Waals surface area contributed by atoms with Gasteiger partial charge >= 0.3 is 5.97 Å². The maximum Gasteiger partial charge on any atom is 0.311 e. The number of esters is 1. The fraction of sp³-hybridized carbons (Fsp3) is 0.714. The van der Waals surface area contributed by atoms with Crippen LogP contribution in [0.1, 0.15) is 34.6 Å². The Balaban J connectivity index is 2.67. The quantitative estimate of drug-likeness (QED) is 0.786. The van der Waals surface area contributed by atoms with E-state index in [9.17, 15) is 14.7 Å². The van der Waals surface area contributed by atoms with E-state index in [1.807, 2.05) is 13.8 Å². The van der Waals surface area contributed by atoms with E-state index in [4.69, 9.17) is 9.47 Å². The highest BCUT2D eigenvalue weighted by Gasteiger charge is 2.34. The molecule has 0 bridgehead atoms. The molecule has 0 unspecified atom stereocenters. The van der Waals surface area contributed by atoms with Crippen LogP contribution in [-0.4, -0.2) is 35.7 Å². The van der Waals surface area contributed by atoms with E-state index in [0.717, 1.165) is 0 Å². The highest BCUT2D eigenvalue weighted by atomic mass is 16.6. The highest BCUT2D eigenvalue weighted by Crippen LogP contribution is 2.22. The summed E-state index contributed by atoms with van der Waals surface area (Å²) in [6, 6.07) is 0. The van der Waals surface area contributed by atoms with Crippen LogP contribution in [0.25, 0.3) is 0 Å². The Morgan fingerprint density at radius 2 is 2.05 bits per heavy atom. The van der Waals surface area contributed by atoms with Crippen molar-refractivity contribution in [1.29, 1.82) is 0 Å². The first-order valence-corrected chi connectivity index (χ1v) is 6.39. The molecule has 108 valence electrons. The lowest BCUT2D eigenvalue weighted by atomic mass is 9.96. The molecule has 0 aromatic rings. The Hall–Kier alpha value is -1.36. The molecule has 1 N–H and O–H groups in total. The first kappa shape index (κ1) is 15.7. The summed E-state index contributed by atoms with van der Waals surface area (Å²) >= 11 is 0. The summed E-state index contributed by atoms with van der Waals surface area (Å²) < 4.78 is 10.6. The van der Waals surface area contributed by atoms with Gasteiger partial charge < -0.3 is 14.6 Å². The molecule has 0 saturated carbocycles. The van der Waals surface area contributed by atoms with Crippen LogP contribution in [0.5, 0.6) is 0 Å². The molecule has 0 fully saturated rings. The molecule has 1 aliphatic rings. The second-order valence-electron chi connectivity index (χ2n) is 6.11. The molecule has 1 heterocycles. The molecule has 0 spiro atoms. The van der Waals surface area contributed by atoms with Gasteiger partial charge in [0.15, 0.2) is 11.9 Å². The molecule has 2 atom stereocenters. The van der Waals surface area contributed by atoms with Crippen LogP contribution in [0.2, 0.25) is 0 Å². The minimum absolute atomic E-state index is 0.0130. The van der Waals surface area contributed by atoms with Crippen molar-refractivity contribution in [1.82, 2.24) is 0 Å². The van der Waals surface area contributed by atoms with Gasteiger partial charge in [-0.1, -0.05) is 13.8 Å². The summed E-state index contributed by atoms with van der Waals surface area (Å²) in [6.07, 6.45) is -0.553. The first-order chi connectivity index (χ1) is 8.62. The number of hydrogen-bond donors (Lipinski definition) is 1. The lowest BCUT2D eigenvalue weighted by Gasteiger charge is -2.30. The number of hydrogen-bond acceptors (Lipinski definition) is 5. The van der Waals surface area contributed by atoms with Crippen LogP contribution < -0.4 is 0 Å². The lowest BCUT2D eigenvalue weighted by Crippen LogP contribution is -2.42. The predicted octanol–water partition coefficient (Wildman–Crippen LogP) is 1.44. The third-order valence-electron chi connectivity index (χ3n) is 2.81. The van der Waals surface area contributed by atoms with Gasteiger partial charge in [0.25, 0.3) is 0 Å². The zero-order valence-electron chi connectivity index (χ0n) is 12.1. The monoisotopic (exact) mass is 270 g/mol. The summed E-state index contributed by atoms with van der Waals surface area (Å²) in [5.74, 6) is -0.504. The molecule has 0 aromatic heterocycles. The SMILES string of the molecule is CC(C)[C@@H]1OC(COC(=O)C(C)(C)C)=CC(=O)[C@@H]1O. The smallest absolute Gasteiger partial charge is 0.311 e. The van der Waals surface area contributed by atoms with Gasteiger partial charge in [0.2, 0.25) is 0 Å². The van der Waals surface area contributed by atoms with Crippen molar-refractivity contribution in [2.75, 3.05) is 6.61 Å². The van der Waals surface area contributed by atoms with Crippen LogP contribution in [0.3, 0.4) is 0 Å². The Bertz CT molecular complexity index is 389. The Morgan fingerprint density at radius 3 is 2.53 bits per heavy atom. The molecule has 1 aliphatic heterocycles. The van der Waals surface area contributed by atoms with Crippen LogP contribution >= 0.6 is 0 Å². The number of ketones is 1. The molecule has 19 heavy (non-hydrogen) atoms. The van der Waals surface area contributed by atoms with E-state index < -0.39 is 23.4 Å². The van der Waals surface area contributed by atoms with Gasteiger partial charge in [-0.2, -0.15) is 0 Å². The molecule has 0 radical (unpaired) electrons. The van der Waals surface area contributed by atoms with E-state index in [1.54, 1.807) is 20.8 Å². The van der Waals surface area contributed by atoms with Gasteiger partial charge in [-0.15, -0.1) is 0 Å². The second kappa shape index (κ2) is 5.74. The molecular weight excluding hydrogens is 248 g/mol. The van der Waals surface area contributed by atoms with Crippen molar-refractivity contribution >= 4 is 11.8 Å². The molecule has 1 rings (SSSR count). The molecule has 0 saturated heterocycles.